The van der Waals surface area contributed by atoms with Gasteiger partial charge < -0.3 is 4.40 Å². The minimum Gasteiger partial charge on any atom is -0.306 e. The lowest BCUT2D eigenvalue weighted by molar-refractivity contribution is 1.18. The zero-order chi connectivity index (χ0) is 14.2. The molecule has 0 unspecified atom stereocenters. The summed E-state index contributed by atoms with van der Waals surface area (Å²) in [4.78, 5) is 8.91. The van der Waals surface area contributed by atoms with Gasteiger partial charge in [-0.15, -0.1) is 0 Å². The summed E-state index contributed by atoms with van der Waals surface area (Å²) in [6.07, 6.45) is 7.49. The van der Waals surface area contributed by atoms with Crippen LogP contribution in [0.25, 0.3) is 27.7 Å². The standard InChI is InChI=1S/C17H10N4/c18-8-12-5-6-21-11-16(20-17(21)7-12)15-10-19-9-13-3-1-2-4-14(13)15/h1-7,9-11H. The second-order valence-electron chi connectivity index (χ2n) is 4.83. The molecule has 0 saturated carbocycles. The van der Waals surface area contributed by atoms with Gasteiger partial charge in [0, 0.05) is 35.7 Å². The Morgan fingerprint density at radius 3 is 2.90 bits per heavy atom. The van der Waals surface area contributed by atoms with E-state index in [0.717, 1.165) is 27.7 Å². The molecule has 1 aromatic carbocycles. The average molecular weight is 270 g/mol. The van der Waals surface area contributed by atoms with E-state index in [2.05, 4.69) is 22.1 Å². The van der Waals surface area contributed by atoms with Crippen LogP contribution in [0, 0.1) is 11.3 Å². The van der Waals surface area contributed by atoms with Crippen LogP contribution in [0.15, 0.2) is 61.2 Å². The number of imidazole rings is 1. The fraction of sp³-hybridized carbons (Fsp3) is 0. The summed E-state index contributed by atoms with van der Waals surface area (Å²) < 4.78 is 1.91. The third-order valence-corrected chi connectivity index (χ3v) is 3.53. The maximum atomic E-state index is 8.97. The van der Waals surface area contributed by atoms with Crippen molar-refractivity contribution in [3.8, 4) is 17.3 Å². The van der Waals surface area contributed by atoms with E-state index in [4.69, 9.17) is 5.26 Å². The highest BCUT2D eigenvalue weighted by Gasteiger charge is 2.08. The van der Waals surface area contributed by atoms with Gasteiger partial charge in [-0.3, -0.25) is 4.98 Å². The Bertz CT molecular complexity index is 1000. The molecule has 4 rings (SSSR count). The van der Waals surface area contributed by atoms with Gasteiger partial charge in [0.15, 0.2) is 0 Å². The van der Waals surface area contributed by atoms with Gasteiger partial charge in [0.05, 0.1) is 17.3 Å². The first-order chi connectivity index (χ1) is 10.3. The van der Waals surface area contributed by atoms with Crippen molar-refractivity contribution < 1.29 is 0 Å². The van der Waals surface area contributed by atoms with Crippen molar-refractivity contribution in [2.75, 3.05) is 0 Å². The lowest BCUT2D eigenvalue weighted by atomic mass is 10.1. The molecule has 0 spiro atoms. The number of aromatic nitrogens is 3. The first-order valence-corrected chi connectivity index (χ1v) is 6.57. The lowest BCUT2D eigenvalue weighted by Crippen LogP contribution is -1.83. The van der Waals surface area contributed by atoms with Crippen LogP contribution in [-0.4, -0.2) is 14.4 Å². The largest absolute Gasteiger partial charge is 0.306 e. The minimum absolute atomic E-state index is 0.607. The van der Waals surface area contributed by atoms with Crippen molar-refractivity contribution in [2.24, 2.45) is 0 Å². The second-order valence-corrected chi connectivity index (χ2v) is 4.83. The summed E-state index contributed by atoms with van der Waals surface area (Å²) in [6, 6.07) is 13.8. The molecule has 0 N–H and O–H groups in total. The summed E-state index contributed by atoms with van der Waals surface area (Å²) in [6.45, 7) is 0. The number of rotatable bonds is 1. The van der Waals surface area contributed by atoms with Gasteiger partial charge in [0.1, 0.15) is 5.65 Å². The van der Waals surface area contributed by atoms with E-state index in [1.54, 1.807) is 12.1 Å². The Hall–Kier alpha value is -3.19. The SMILES string of the molecule is N#Cc1ccn2cc(-c3cncc4ccccc34)nc2c1. The number of benzene rings is 1. The molecule has 0 amide bonds. The molecule has 4 aromatic rings. The molecule has 4 nitrogen and oxygen atoms in total. The predicted octanol–water partition coefficient (Wildman–Crippen LogP) is 3.42. The van der Waals surface area contributed by atoms with E-state index in [9.17, 15) is 0 Å². The zero-order valence-corrected chi connectivity index (χ0v) is 11.1. The molecule has 3 aromatic heterocycles. The van der Waals surface area contributed by atoms with Gasteiger partial charge in [-0.1, -0.05) is 24.3 Å². The fourth-order valence-electron chi connectivity index (χ4n) is 2.50. The Morgan fingerprint density at radius 1 is 1.10 bits per heavy atom. The minimum atomic E-state index is 0.607. The molecular formula is C17H10N4. The highest BCUT2D eigenvalue weighted by atomic mass is 15.0. The molecule has 0 aliphatic heterocycles. The summed E-state index contributed by atoms with van der Waals surface area (Å²) in [7, 11) is 0. The van der Waals surface area contributed by atoms with Crippen LogP contribution in [0.5, 0.6) is 0 Å². The summed E-state index contributed by atoms with van der Waals surface area (Å²) in [5.41, 5.74) is 3.22. The van der Waals surface area contributed by atoms with Crippen molar-refractivity contribution in [3.63, 3.8) is 0 Å². The quantitative estimate of drug-likeness (QED) is 0.532. The van der Waals surface area contributed by atoms with Crippen LogP contribution in [0.2, 0.25) is 0 Å². The maximum Gasteiger partial charge on any atom is 0.138 e. The lowest BCUT2D eigenvalue weighted by Gasteiger charge is -2.02. The Kier molecular flexibility index (Phi) is 2.45. The van der Waals surface area contributed by atoms with E-state index < -0.39 is 0 Å². The van der Waals surface area contributed by atoms with Gasteiger partial charge >= 0.3 is 0 Å². The number of pyridine rings is 2. The number of fused-ring (bicyclic) bond motifs is 2. The van der Waals surface area contributed by atoms with Crippen molar-refractivity contribution >= 4 is 16.4 Å². The van der Waals surface area contributed by atoms with Crippen LogP contribution >= 0.6 is 0 Å². The smallest absolute Gasteiger partial charge is 0.138 e. The van der Waals surface area contributed by atoms with Crippen LogP contribution in [0.1, 0.15) is 5.56 Å². The van der Waals surface area contributed by atoms with Crippen LogP contribution in [0.4, 0.5) is 0 Å². The molecule has 4 heteroatoms. The number of nitriles is 1. The molecule has 21 heavy (non-hydrogen) atoms. The first kappa shape index (κ1) is 11.6. The third-order valence-electron chi connectivity index (χ3n) is 3.53. The summed E-state index contributed by atoms with van der Waals surface area (Å²) in [5, 5.41) is 11.2. The average Bonchev–Trinajstić information content (AvgIpc) is 2.97. The van der Waals surface area contributed by atoms with Gasteiger partial charge in [-0.25, -0.2) is 4.98 Å². The normalized spacial score (nSPS) is 10.8. The summed E-state index contributed by atoms with van der Waals surface area (Å²) in [5.74, 6) is 0. The van der Waals surface area contributed by atoms with Crippen molar-refractivity contribution in [2.45, 2.75) is 0 Å². The molecule has 0 fully saturated rings. The predicted molar refractivity (Wildman–Crippen MR) is 80.6 cm³/mol. The molecule has 0 saturated heterocycles. The summed E-state index contributed by atoms with van der Waals surface area (Å²) >= 11 is 0. The van der Waals surface area contributed by atoms with Gasteiger partial charge in [-0.2, -0.15) is 5.26 Å². The maximum absolute atomic E-state index is 8.97. The Labute approximate surface area is 120 Å². The number of nitrogens with zero attached hydrogens (tertiary/aromatic N) is 4. The molecule has 0 aliphatic rings. The van der Waals surface area contributed by atoms with E-state index >= 15 is 0 Å². The van der Waals surface area contributed by atoms with Crippen LogP contribution in [-0.2, 0) is 0 Å². The molecule has 0 bridgehead atoms. The van der Waals surface area contributed by atoms with E-state index in [1.165, 1.54) is 0 Å². The van der Waals surface area contributed by atoms with E-state index in [0.29, 0.717) is 5.56 Å². The highest BCUT2D eigenvalue weighted by molar-refractivity contribution is 5.95. The topological polar surface area (TPSA) is 54.0 Å². The number of hydrogen-bond acceptors (Lipinski definition) is 3. The molecule has 0 atom stereocenters. The molecular weight excluding hydrogens is 260 g/mol. The van der Waals surface area contributed by atoms with Gasteiger partial charge in [-0.05, 0) is 17.5 Å². The molecule has 3 heterocycles. The number of hydrogen-bond donors (Lipinski definition) is 0. The van der Waals surface area contributed by atoms with Gasteiger partial charge in [0.2, 0.25) is 0 Å². The van der Waals surface area contributed by atoms with Gasteiger partial charge in [0.25, 0.3) is 0 Å². The molecule has 98 valence electrons. The van der Waals surface area contributed by atoms with Crippen LogP contribution in [0.3, 0.4) is 0 Å². The van der Waals surface area contributed by atoms with Crippen molar-refractivity contribution in [3.05, 3.63) is 66.7 Å². The second kappa shape index (κ2) is 4.43. The highest BCUT2D eigenvalue weighted by Crippen LogP contribution is 2.27. The Morgan fingerprint density at radius 2 is 2.00 bits per heavy atom. The zero-order valence-electron chi connectivity index (χ0n) is 11.1. The van der Waals surface area contributed by atoms with E-state index in [-0.39, 0.29) is 0 Å². The molecule has 0 radical (unpaired) electrons. The molecule has 0 aliphatic carbocycles. The van der Waals surface area contributed by atoms with Crippen molar-refractivity contribution in [1.82, 2.24) is 14.4 Å². The first-order valence-electron chi connectivity index (χ1n) is 6.57. The monoisotopic (exact) mass is 270 g/mol. The fourth-order valence-corrected chi connectivity index (χ4v) is 2.50. The Balaban J connectivity index is 1.98. The van der Waals surface area contributed by atoms with E-state index in [1.807, 2.05) is 47.4 Å². The third kappa shape index (κ3) is 1.84. The van der Waals surface area contributed by atoms with Crippen LogP contribution < -0.4 is 0 Å². The van der Waals surface area contributed by atoms with Crippen molar-refractivity contribution in [1.29, 1.82) is 5.26 Å².